The summed E-state index contributed by atoms with van der Waals surface area (Å²) in [5, 5.41) is 1.06. The summed E-state index contributed by atoms with van der Waals surface area (Å²) in [6.07, 6.45) is 0.164. The summed E-state index contributed by atoms with van der Waals surface area (Å²) in [6.45, 7) is 0. The fourth-order valence-corrected chi connectivity index (χ4v) is 4.20. The van der Waals surface area contributed by atoms with Crippen LogP contribution in [0.4, 0.5) is 0 Å². The zero-order valence-corrected chi connectivity index (χ0v) is 12.1. The first-order chi connectivity index (χ1) is 9.21. The summed E-state index contributed by atoms with van der Waals surface area (Å²) in [5.41, 5.74) is 2.32. The van der Waals surface area contributed by atoms with Crippen LogP contribution in [0.3, 0.4) is 0 Å². The molecule has 2 rings (SSSR count). The first-order valence-corrected chi connectivity index (χ1v) is 8.07. The maximum Gasteiger partial charge on any atom is 0.253 e. The quantitative estimate of drug-likeness (QED) is 0.616. The zero-order valence-electron chi connectivity index (χ0n) is 11.3. The lowest BCUT2D eigenvalue weighted by Crippen LogP contribution is -2.40. The molecule has 2 aliphatic rings. The van der Waals surface area contributed by atoms with E-state index < -0.39 is 33.5 Å². The van der Waals surface area contributed by atoms with E-state index >= 15 is 0 Å². The molecule has 2 fully saturated rings. The molecule has 0 aromatic rings. The molecule has 2 aliphatic heterocycles. The van der Waals surface area contributed by atoms with Crippen molar-refractivity contribution < 1.29 is 22.8 Å². The van der Waals surface area contributed by atoms with E-state index in [1.54, 1.807) is 0 Å². The predicted molar refractivity (Wildman–Crippen MR) is 68.8 cm³/mol. The van der Waals surface area contributed by atoms with Gasteiger partial charge in [-0.05, 0) is 6.42 Å². The molecule has 20 heavy (non-hydrogen) atoms. The second-order valence-corrected chi connectivity index (χ2v) is 7.42. The van der Waals surface area contributed by atoms with Gasteiger partial charge in [-0.25, -0.2) is 8.42 Å². The number of amides is 3. The Balaban J connectivity index is 1.99. The molecule has 8 nitrogen and oxygen atoms in total. The van der Waals surface area contributed by atoms with Gasteiger partial charge in [0.05, 0.1) is 11.5 Å². The zero-order chi connectivity index (χ0) is 15.1. The molecule has 0 aliphatic carbocycles. The van der Waals surface area contributed by atoms with Gasteiger partial charge in [-0.15, -0.1) is 0 Å². The lowest BCUT2D eigenvalue weighted by atomic mass is 10.0. The average molecular weight is 303 g/mol. The van der Waals surface area contributed by atoms with Crippen molar-refractivity contribution in [2.75, 3.05) is 25.6 Å². The van der Waals surface area contributed by atoms with Crippen LogP contribution in [0.5, 0.6) is 0 Å². The molecule has 0 spiro atoms. The number of nitrogens with zero attached hydrogens (tertiary/aromatic N) is 2. The molecule has 9 heteroatoms. The summed E-state index contributed by atoms with van der Waals surface area (Å²) in [6, 6.07) is -0.371. The molecule has 0 bridgehead atoms. The second-order valence-electron chi connectivity index (χ2n) is 5.19. The maximum absolute atomic E-state index is 12.1. The van der Waals surface area contributed by atoms with Crippen molar-refractivity contribution in [2.45, 2.75) is 18.9 Å². The summed E-state index contributed by atoms with van der Waals surface area (Å²) >= 11 is 0. The summed E-state index contributed by atoms with van der Waals surface area (Å²) in [5.74, 6) is -2.35. The van der Waals surface area contributed by atoms with E-state index in [1.807, 2.05) is 0 Å². The van der Waals surface area contributed by atoms with Gasteiger partial charge < -0.3 is 4.90 Å². The smallest absolute Gasteiger partial charge is 0.253 e. The van der Waals surface area contributed by atoms with Gasteiger partial charge in [0.1, 0.15) is 5.92 Å². The Morgan fingerprint density at radius 1 is 1.45 bits per heavy atom. The van der Waals surface area contributed by atoms with E-state index in [4.69, 9.17) is 0 Å². The highest BCUT2D eigenvalue weighted by atomic mass is 32.2. The van der Waals surface area contributed by atoms with E-state index in [0.717, 1.165) is 5.01 Å². The van der Waals surface area contributed by atoms with E-state index in [9.17, 15) is 22.8 Å². The highest BCUT2D eigenvalue weighted by molar-refractivity contribution is 7.91. The minimum absolute atomic E-state index is 0.0556. The summed E-state index contributed by atoms with van der Waals surface area (Å²) in [7, 11) is -0.156. The molecule has 2 saturated heterocycles. The molecular formula is C11H17N3O5S. The van der Waals surface area contributed by atoms with Gasteiger partial charge >= 0.3 is 0 Å². The van der Waals surface area contributed by atoms with Crippen LogP contribution < -0.4 is 5.43 Å². The third-order valence-electron chi connectivity index (χ3n) is 3.75. The Bertz CT molecular complexity index is 558. The Morgan fingerprint density at radius 2 is 2.10 bits per heavy atom. The van der Waals surface area contributed by atoms with Crippen molar-refractivity contribution in [3.05, 3.63) is 0 Å². The number of hydrogen-bond acceptors (Lipinski definition) is 5. The predicted octanol–water partition coefficient (Wildman–Crippen LogP) is -1.86. The summed E-state index contributed by atoms with van der Waals surface area (Å²) in [4.78, 5) is 36.6. The molecule has 0 aromatic carbocycles. The Kier molecular flexibility index (Phi) is 3.72. The molecule has 2 heterocycles. The van der Waals surface area contributed by atoms with Crippen molar-refractivity contribution in [3.63, 3.8) is 0 Å². The van der Waals surface area contributed by atoms with Gasteiger partial charge in [0.2, 0.25) is 5.91 Å². The highest BCUT2D eigenvalue weighted by Crippen LogP contribution is 2.20. The van der Waals surface area contributed by atoms with Crippen LogP contribution in [0.25, 0.3) is 0 Å². The fourth-order valence-electron chi connectivity index (χ4n) is 2.43. The average Bonchev–Trinajstić information content (AvgIpc) is 2.83. The van der Waals surface area contributed by atoms with Crippen LogP contribution in [0.1, 0.15) is 12.8 Å². The monoisotopic (exact) mass is 303 g/mol. The van der Waals surface area contributed by atoms with Crippen LogP contribution in [0.2, 0.25) is 0 Å². The van der Waals surface area contributed by atoms with Gasteiger partial charge in [0, 0.05) is 26.6 Å². The van der Waals surface area contributed by atoms with E-state index in [2.05, 4.69) is 5.43 Å². The Labute approximate surface area is 117 Å². The molecule has 112 valence electrons. The second kappa shape index (κ2) is 5.04. The lowest BCUT2D eigenvalue weighted by molar-refractivity contribution is -0.139. The molecule has 0 radical (unpaired) electrons. The van der Waals surface area contributed by atoms with Crippen LogP contribution in [-0.2, 0) is 24.2 Å². The first kappa shape index (κ1) is 14.8. The Morgan fingerprint density at radius 3 is 2.55 bits per heavy atom. The normalized spacial score (nSPS) is 28.6. The molecule has 2 atom stereocenters. The van der Waals surface area contributed by atoms with Gasteiger partial charge in [-0.1, -0.05) is 0 Å². The van der Waals surface area contributed by atoms with E-state index in [1.165, 1.54) is 19.0 Å². The number of sulfone groups is 1. The Hall–Kier alpha value is -1.64. The summed E-state index contributed by atoms with van der Waals surface area (Å²) < 4.78 is 22.8. The molecule has 1 N–H and O–H groups in total. The topological polar surface area (TPSA) is 104 Å². The largest absolute Gasteiger partial charge is 0.342 e. The molecule has 0 aromatic heterocycles. The number of hydrogen-bond donors (Lipinski definition) is 1. The van der Waals surface area contributed by atoms with Gasteiger partial charge in [0.25, 0.3) is 11.8 Å². The van der Waals surface area contributed by atoms with Crippen molar-refractivity contribution in [2.24, 2.45) is 5.92 Å². The van der Waals surface area contributed by atoms with Gasteiger partial charge in [-0.2, -0.15) is 0 Å². The van der Waals surface area contributed by atoms with Crippen molar-refractivity contribution >= 4 is 27.6 Å². The van der Waals surface area contributed by atoms with Gasteiger partial charge in [0.15, 0.2) is 9.84 Å². The lowest BCUT2D eigenvalue weighted by Gasteiger charge is -2.24. The number of carbonyl (C=O) groups excluding carboxylic acids is 3. The third kappa shape index (κ3) is 2.77. The van der Waals surface area contributed by atoms with Crippen molar-refractivity contribution in [1.29, 1.82) is 0 Å². The van der Waals surface area contributed by atoms with E-state index in [0.29, 0.717) is 6.42 Å². The number of carbonyl (C=O) groups is 3. The minimum Gasteiger partial charge on any atom is -0.342 e. The van der Waals surface area contributed by atoms with Crippen LogP contribution in [0.15, 0.2) is 0 Å². The fraction of sp³-hybridized carbons (Fsp3) is 0.727. The number of hydrazine groups is 1. The van der Waals surface area contributed by atoms with Crippen LogP contribution in [0, 0.1) is 5.92 Å². The molecule has 3 amide bonds. The van der Waals surface area contributed by atoms with Crippen LogP contribution >= 0.6 is 0 Å². The van der Waals surface area contributed by atoms with Crippen LogP contribution in [-0.4, -0.2) is 67.7 Å². The maximum atomic E-state index is 12.1. The number of rotatable bonds is 3. The molecule has 2 unspecified atom stereocenters. The van der Waals surface area contributed by atoms with Crippen molar-refractivity contribution in [1.82, 2.24) is 15.3 Å². The SMILES string of the molecule is CN1NC(=O)C(CC(=O)N(C)C2CCS(=O)(=O)C2)C1=O. The standard InChI is InChI=1S/C11H17N3O5S/c1-13(7-3-4-20(18,19)6-7)9(15)5-8-10(16)12-14(2)11(8)17/h7-8H,3-6H2,1-2H3,(H,12,16). The highest BCUT2D eigenvalue weighted by Gasteiger charge is 2.40. The van der Waals surface area contributed by atoms with E-state index in [-0.39, 0.29) is 24.0 Å². The van der Waals surface area contributed by atoms with Gasteiger partial charge in [-0.3, -0.25) is 24.8 Å². The minimum atomic E-state index is -3.08. The third-order valence-corrected chi connectivity index (χ3v) is 5.50. The number of nitrogens with one attached hydrogen (secondary N) is 1. The molecule has 0 saturated carbocycles. The first-order valence-electron chi connectivity index (χ1n) is 6.25. The van der Waals surface area contributed by atoms with Crippen molar-refractivity contribution in [3.8, 4) is 0 Å². The molecular weight excluding hydrogens is 286 g/mol.